The van der Waals surface area contributed by atoms with Crippen LogP contribution in [0, 0.1) is 5.92 Å². The van der Waals surface area contributed by atoms with Crippen LogP contribution in [0.25, 0.3) is 0 Å². The Bertz CT molecular complexity index is 584. The van der Waals surface area contributed by atoms with Gasteiger partial charge in [0.1, 0.15) is 5.54 Å². The molecule has 1 heterocycles. The van der Waals surface area contributed by atoms with Crippen molar-refractivity contribution in [3.05, 3.63) is 30.1 Å². The molecule has 110 valence electrons. The SMILES string of the molecule is CC(NS(=O)(=O)CCc1ccccn1)(C(=O)O)C1CC1. The molecule has 1 aromatic rings. The molecule has 1 aromatic heterocycles. The molecule has 2 N–H and O–H groups in total. The second-order valence-electron chi connectivity index (χ2n) is 5.27. The maximum Gasteiger partial charge on any atom is 0.324 e. The summed E-state index contributed by atoms with van der Waals surface area (Å²) >= 11 is 0. The second kappa shape index (κ2) is 5.49. The smallest absolute Gasteiger partial charge is 0.324 e. The van der Waals surface area contributed by atoms with Crippen molar-refractivity contribution in [1.29, 1.82) is 0 Å². The maximum atomic E-state index is 12.1. The van der Waals surface area contributed by atoms with Crippen molar-refractivity contribution in [1.82, 2.24) is 9.71 Å². The first-order valence-corrected chi connectivity index (χ1v) is 8.14. The van der Waals surface area contributed by atoms with Crippen LogP contribution in [0.1, 0.15) is 25.5 Å². The van der Waals surface area contributed by atoms with Crippen molar-refractivity contribution in [3.8, 4) is 0 Å². The third-order valence-corrected chi connectivity index (χ3v) is 5.04. The largest absolute Gasteiger partial charge is 0.480 e. The number of nitrogens with one attached hydrogen (secondary N) is 1. The number of rotatable bonds is 7. The standard InChI is InChI=1S/C13H18N2O4S/c1-13(12(16)17,10-5-6-10)15-20(18,19)9-7-11-4-2-3-8-14-11/h2-4,8,10,15H,5-7,9H2,1H3,(H,16,17). The molecule has 6 nitrogen and oxygen atoms in total. The number of hydrogen-bond donors (Lipinski definition) is 2. The number of nitrogens with zero attached hydrogens (tertiary/aromatic N) is 1. The quantitative estimate of drug-likeness (QED) is 0.776. The summed E-state index contributed by atoms with van der Waals surface area (Å²) in [5.74, 6) is -1.41. The van der Waals surface area contributed by atoms with Gasteiger partial charge < -0.3 is 5.11 Å². The zero-order valence-corrected chi connectivity index (χ0v) is 12.1. The number of aromatic nitrogens is 1. The van der Waals surface area contributed by atoms with Gasteiger partial charge in [0.25, 0.3) is 0 Å². The van der Waals surface area contributed by atoms with Crippen LogP contribution in [-0.2, 0) is 21.2 Å². The fourth-order valence-electron chi connectivity index (χ4n) is 2.12. The molecule has 0 aromatic carbocycles. The van der Waals surface area contributed by atoms with Crippen molar-refractivity contribution < 1.29 is 18.3 Å². The fourth-order valence-corrected chi connectivity index (χ4v) is 3.60. The Morgan fingerprint density at radius 1 is 1.50 bits per heavy atom. The Balaban J connectivity index is 2.01. The predicted molar refractivity (Wildman–Crippen MR) is 73.6 cm³/mol. The van der Waals surface area contributed by atoms with Crippen LogP contribution in [0.3, 0.4) is 0 Å². The lowest BCUT2D eigenvalue weighted by Crippen LogP contribution is -2.54. The fraction of sp³-hybridized carbons (Fsp3) is 0.538. The van der Waals surface area contributed by atoms with Crippen LogP contribution in [-0.4, -0.2) is 35.8 Å². The highest BCUT2D eigenvalue weighted by atomic mass is 32.2. The van der Waals surface area contributed by atoms with Crippen LogP contribution in [0.4, 0.5) is 0 Å². The van der Waals surface area contributed by atoms with Crippen molar-refractivity contribution in [2.45, 2.75) is 31.7 Å². The molecule has 1 atom stereocenters. The van der Waals surface area contributed by atoms with Gasteiger partial charge in [0, 0.05) is 18.3 Å². The van der Waals surface area contributed by atoms with Gasteiger partial charge in [-0.3, -0.25) is 9.78 Å². The average Bonchev–Trinajstić information content (AvgIpc) is 3.21. The van der Waals surface area contributed by atoms with Gasteiger partial charge in [-0.25, -0.2) is 8.42 Å². The lowest BCUT2D eigenvalue weighted by atomic mass is 9.98. The first kappa shape index (κ1) is 14.9. The third kappa shape index (κ3) is 3.55. The molecule has 20 heavy (non-hydrogen) atoms. The summed E-state index contributed by atoms with van der Waals surface area (Å²) < 4.78 is 26.5. The number of aryl methyl sites for hydroxylation is 1. The molecule has 1 fully saturated rings. The number of carboxylic acids is 1. The van der Waals surface area contributed by atoms with Gasteiger partial charge in [-0.05, 0) is 37.8 Å². The molecule has 0 bridgehead atoms. The molecule has 1 aliphatic rings. The molecule has 0 aliphatic heterocycles. The molecule has 0 amide bonds. The van der Waals surface area contributed by atoms with E-state index >= 15 is 0 Å². The lowest BCUT2D eigenvalue weighted by molar-refractivity contribution is -0.144. The molecule has 1 saturated carbocycles. The average molecular weight is 298 g/mol. The molecule has 2 rings (SSSR count). The Morgan fingerprint density at radius 3 is 2.70 bits per heavy atom. The van der Waals surface area contributed by atoms with E-state index in [1.165, 1.54) is 6.92 Å². The summed E-state index contributed by atoms with van der Waals surface area (Å²) in [6.07, 6.45) is 3.34. The molecular formula is C13H18N2O4S. The molecule has 0 saturated heterocycles. The molecule has 0 spiro atoms. The highest BCUT2D eigenvalue weighted by molar-refractivity contribution is 7.89. The minimum Gasteiger partial charge on any atom is -0.480 e. The second-order valence-corrected chi connectivity index (χ2v) is 7.12. The van der Waals surface area contributed by atoms with Gasteiger partial charge in [-0.1, -0.05) is 6.07 Å². The van der Waals surface area contributed by atoms with E-state index in [9.17, 15) is 18.3 Å². The highest BCUT2D eigenvalue weighted by Crippen LogP contribution is 2.40. The molecule has 0 radical (unpaired) electrons. The number of sulfonamides is 1. The summed E-state index contributed by atoms with van der Waals surface area (Å²) in [5.41, 5.74) is -0.732. The molecule has 7 heteroatoms. The zero-order chi connectivity index (χ0) is 14.8. The van der Waals surface area contributed by atoms with Gasteiger partial charge in [0.2, 0.25) is 10.0 Å². The van der Waals surface area contributed by atoms with E-state index in [0.29, 0.717) is 5.69 Å². The van der Waals surface area contributed by atoms with Gasteiger partial charge in [-0.2, -0.15) is 4.72 Å². The Kier molecular flexibility index (Phi) is 4.10. The van der Waals surface area contributed by atoms with Gasteiger partial charge >= 0.3 is 5.97 Å². The minimum atomic E-state index is -3.66. The molecule has 1 aliphatic carbocycles. The van der Waals surface area contributed by atoms with Crippen molar-refractivity contribution in [3.63, 3.8) is 0 Å². The normalized spacial score (nSPS) is 18.4. The Morgan fingerprint density at radius 2 is 2.20 bits per heavy atom. The Hall–Kier alpha value is -1.47. The topological polar surface area (TPSA) is 96.4 Å². The zero-order valence-electron chi connectivity index (χ0n) is 11.2. The van der Waals surface area contributed by atoms with Gasteiger partial charge in [0.05, 0.1) is 5.75 Å². The Labute approximate surface area is 118 Å². The van der Waals surface area contributed by atoms with Crippen molar-refractivity contribution in [2.75, 3.05) is 5.75 Å². The van der Waals surface area contributed by atoms with Crippen LogP contribution in [0.15, 0.2) is 24.4 Å². The molecular weight excluding hydrogens is 280 g/mol. The van der Waals surface area contributed by atoms with E-state index in [1.807, 2.05) is 0 Å². The number of hydrogen-bond acceptors (Lipinski definition) is 4. The van der Waals surface area contributed by atoms with E-state index in [4.69, 9.17) is 0 Å². The minimum absolute atomic E-state index is 0.121. The van der Waals surface area contributed by atoms with Crippen molar-refractivity contribution in [2.24, 2.45) is 5.92 Å². The first-order valence-electron chi connectivity index (χ1n) is 6.48. The van der Waals surface area contributed by atoms with Gasteiger partial charge in [-0.15, -0.1) is 0 Å². The monoisotopic (exact) mass is 298 g/mol. The summed E-state index contributed by atoms with van der Waals surface area (Å²) in [4.78, 5) is 15.4. The lowest BCUT2D eigenvalue weighted by Gasteiger charge is -2.25. The van der Waals surface area contributed by atoms with E-state index in [0.717, 1.165) is 12.8 Å². The first-order chi connectivity index (χ1) is 9.33. The number of carbonyl (C=O) groups is 1. The summed E-state index contributed by atoms with van der Waals surface area (Å²) in [7, 11) is -3.66. The summed E-state index contributed by atoms with van der Waals surface area (Å²) in [5, 5.41) is 9.25. The van der Waals surface area contributed by atoms with Gasteiger partial charge in [0.15, 0.2) is 0 Å². The van der Waals surface area contributed by atoms with E-state index in [2.05, 4.69) is 9.71 Å². The number of carboxylic acid groups (broad SMARTS) is 1. The number of aliphatic carboxylic acids is 1. The van der Waals surface area contributed by atoms with E-state index in [1.54, 1.807) is 24.4 Å². The predicted octanol–water partition coefficient (Wildman–Crippen LogP) is 0.797. The van der Waals surface area contributed by atoms with Crippen LogP contribution in [0.2, 0.25) is 0 Å². The van der Waals surface area contributed by atoms with E-state index in [-0.39, 0.29) is 18.1 Å². The van der Waals surface area contributed by atoms with Crippen LogP contribution < -0.4 is 4.72 Å². The summed E-state index contributed by atoms with van der Waals surface area (Å²) in [6.45, 7) is 1.44. The van der Waals surface area contributed by atoms with Crippen molar-refractivity contribution >= 4 is 16.0 Å². The number of pyridine rings is 1. The summed E-state index contributed by atoms with van der Waals surface area (Å²) in [6, 6.07) is 5.28. The van der Waals surface area contributed by atoms with E-state index < -0.39 is 21.5 Å². The third-order valence-electron chi connectivity index (χ3n) is 3.56. The molecule has 1 unspecified atom stereocenters. The maximum absolute atomic E-state index is 12.1. The van der Waals surface area contributed by atoms with Crippen LogP contribution >= 0.6 is 0 Å². The van der Waals surface area contributed by atoms with Crippen LogP contribution in [0.5, 0.6) is 0 Å². The highest BCUT2D eigenvalue weighted by Gasteiger charge is 2.49.